The maximum Gasteiger partial charge on any atom is 0.319 e. The maximum absolute atomic E-state index is 12.2. The minimum Gasteiger partial charge on any atom is -0.349 e. The van der Waals surface area contributed by atoms with Crippen molar-refractivity contribution in [3.8, 4) is 5.69 Å². The van der Waals surface area contributed by atoms with Gasteiger partial charge in [-0.25, -0.2) is 9.48 Å². The van der Waals surface area contributed by atoms with Crippen molar-refractivity contribution in [1.82, 2.24) is 20.4 Å². The van der Waals surface area contributed by atoms with Gasteiger partial charge in [-0.1, -0.05) is 24.3 Å². The molecule has 0 aliphatic heterocycles. The van der Waals surface area contributed by atoms with E-state index in [1.54, 1.807) is 35.1 Å². The lowest BCUT2D eigenvalue weighted by Crippen LogP contribution is -2.28. The monoisotopic (exact) mass is 375 g/mol. The van der Waals surface area contributed by atoms with Gasteiger partial charge < -0.3 is 16.0 Å². The van der Waals surface area contributed by atoms with Crippen molar-refractivity contribution in [2.24, 2.45) is 0 Å². The van der Waals surface area contributed by atoms with Crippen LogP contribution in [0, 0.1) is 0 Å². The van der Waals surface area contributed by atoms with Crippen LogP contribution >= 0.6 is 0 Å². The third-order valence-electron chi connectivity index (χ3n) is 4.41. The van der Waals surface area contributed by atoms with Crippen molar-refractivity contribution in [1.29, 1.82) is 0 Å². The van der Waals surface area contributed by atoms with E-state index < -0.39 is 0 Å². The van der Waals surface area contributed by atoms with E-state index in [9.17, 15) is 9.59 Å². The number of urea groups is 1. The summed E-state index contributed by atoms with van der Waals surface area (Å²) in [4.78, 5) is 24.3. The third-order valence-corrected chi connectivity index (χ3v) is 4.41. The molecule has 3 N–H and O–H groups in total. The number of amides is 3. The molecule has 0 saturated heterocycles. The zero-order valence-corrected chi connectivity index (χ0v) is 15.3. The van der Waals surface area contributed by atoms with Gasteiger partial charge in [0, 0.05) is 35.6 Å². The number of anilines is 1. The number of para-hydroxylation sites is 1. The molecule has 0 radical (unpaired) electrons. The summed E-state index contributed by atoms with van der Waals surface area (Å²) in [7, 11) is 0. The quantitative estimate of drug-likeness (QED) is 0.619. The zero-order chi connectivity index (χ0) is 19.3. The van der Waals surface area contributed by atoms with Crippen molar-refractivity contribution in [3.05, 3.63) is 78.1 Å². The first kappa shape index (κ1) is 17.8. The Morgan fingerprint density at radius 3 is 2.68 bits per heavy atom. The molecule has 0 atom stereocenters. The predicted molar refractivity (Wildman–Crippen MR) is 106 cm³/mol. The molecule has 3 amide bonds. The average Bonchev–Trinajstić information content (AvgIpc) is 3.40. The molecule has 0 bridgehead atoms. The van der Waals surface area contributed by atoms with E-state index in [1.165, 1.54) is 0 Å². The van der Waals surface area contributed by atoms with E-state index >= 15 is 0 Å². The number of benzene rings is 2. The first-order valence-electron chi connectivity index (χ1n) is 9.22. The first-order valence-corrected chi connectivity index (χ1v) is 9.22. The van der Waals surface area contributed by atoms with Crippen LogP contribution in [0.15, 0.2) is 67.0 Å². The van der Waals surface area contributed by atoms with Crippen molar-refractivity contribution in [2.75, 3.05) is 5.32 Å². The number of carbonyl (C=O) groups excluding carboxylic acids is 2. The van der Waals surface area contributed by atoms with Crippen LogP contribution in [0.1, 0.15) is 28.8 Å². The molecular formula is C21H21N5O2. The lowest BCUT2D eigenvalue weighted by atomic mass is 10.2. The van der Waals surface area contributed by atoms with Gasteiger partial charge in [-0.3, -0.25) is 4.79 Å². The molecule has 1 fully saturated rings. The van der Waals surface area contributed by atoms with Gasteiger partial charge in [0.25, 0.3) is 5.91 Å². The molecule has 1 aliphatic carbocycles. The van der Waals surface area contributed by atoms with Crippen LogP contribution in [-0.4, -0.2) is 27.8 Å². The van der Waals surface area contributed by atoms with Crippen LogP contribution in [0.25, 0.3) is 5.69 Å². The van der Waals surface area contributed by atoms with Gasteiger partial charge in [-0.15, -0.1) is 0 Å². The fourth-order valence-corrected chi connectivity index (χ4v) is 2.77. The van der Waals surface area contributed by atoms with Gasteiger partial charge in [0.2, 0.25) is 0 Å². The summed E-state index contributed by atoms with van der Waals surface area (Å²) < 4.78 is 1.76. The molecule has 7 heteroatoms. The summed E-state index contributed by atoms with van der Waals surface area (Å²) >= 11 is 0. The van der Waals surface area contributed by atoms with Crippen LogP contribution in [0.5, 0.6) is 0 Å². The van der Waals surface area contributed by atoms with Crippen molar-refractivity contribution in [3.63, 3.8) is 0 Å². The molecular weight excluding hydrogens is 354 g/mol. The summed E-state index contributed by atoms with van der Waals surface area (Å²) in [6, 6.07) is 16.6. The minimum atomic E-state index is -0.341. The maximum atomic E-state index is 12.2. The molecule has 142 valence electrons. The lowest BCUT2D eigenvalue weighted by molar-refractivity contribution is 0.0951. The summed E-state index contributed by atoms with van der Waals surface area (Å²) in [5, 5.41) is 12.8. The Kier molecular flexibility index (Phi) is 5.05. The number of carbonyl (C=O) groups is 2. The standard InChI is InChI=1S/C21H21N5O2/c27-20(24-17-9-10-17)16-5-4-6-18(11-16)25-21(28)22-12-15-13-23-26(14-15)19-7-2-1-3-8-19/h1-8,11,13-14,17H,9-10,12H2,(H,24,27)(H2,22,25,28). The zero-order valence-electron chi connectivity index (χ0n) is 15.3. The second-order valence-electron chi connectivity index (χ2n) is 6.76. The molecule has 1 heterocycles. The van der Waals surface area contributed by atoms with E-state index in [2.05, 4.69) is 21.0 Å². The lowest BCUT2D eigenvalue weighted by Gasteiger charge is -2.09. The number of hydrogen-bond acceptors (Lipinski definition) is 3. The molecule has 1 saturated carbocycles. The van der Waals surface area contributed by atoms with Gasteiger partial charge >= 0.3 is 6.03 Å². The molecule has 3 aromatic rings. The van der Waals surface area contributed by atoms with Crippen molar-refractivity contribution >= 4 is 17.6 Å². The second-order valence-corrected chi connectivity index (χ2v) is 6.76. The topological polar surface area (TPSA) is 88.1 Å². The van der Waals surface area contributed by atoms with Crippen molar-refractivity contribution < 1.29 is 9.59 Å². The molecule has 2 aromatic carbocycles. The fourth-order valence-electron chi connectivity index (χ4n) is 2.77. The van der Waals surface area contributed by atoms with E-state index in [-0.39, 0.29) is 11.9 Å². The molecule has 7 nitrogen and oxygen atoms in total. The van der Waals surface area contributed by atoms with Gasteiger partial charge in [0.05, 0.1) is 11.9 Å². The second kappa shape index (κ2) is 7.96. The highest BCUT2D eigenvalue weighted by Crippen LogP contribution is 2.20. The number of rotatable bonds is 6. The Bertz CT molecular complexity index is 979. The van der Waals surface area contributed by atoms with E-state index in [0.717, 1.165) is 24.1 Å². The number of nitrogens with zero attached hydrogens (tertiary/aromatic N) is 2. The number of aromatic nitrogens is 2. The normalized spacial score (nSPS) is 13.0. The highest BCUT2D eigenvalue weighted by Gasteiger charge is 2.23. The fraction of sp³-hybridized carbons (Fsp3) is 0.190. The van der Waals surface area contributed by atoms with Crippen LogP contribution in [-0.2, 0) is 6.54 Å². The smallest absolute Gasteiger partial charge is 0.319 e. The predicted octanol–water partition coefficient (Wildman–Crippen LogP) is 3.09. The first-order chi connectivity index (χ1) is 13.7. The number of hydrogen-bond donors (Lipinski definition) is 3. The largest absolute Gasteiger partial charge is 0.349 e. The molecule has 4 rings (SSSR count). The average molecular weight is 375 g/mol. The summed E-state index contributed by atoms with van der Waals surface area (Å²) in [5.74, 6) is -0.111. The highest BCUT2D eigenvalue weighted by molar-refractivity contribution is 5.97. The van der Waals surface area contributed by atoms with Crippen LogP contribution in [0.3, 0.4) is 0 Å². The summed E-state index contributed by atoms with van der Waals surface area (Å²) in [5.41, 5.74) is 2.95. The Morgan fingerprint density at radius 1 is 1.07 bits per heavy atom. The number of nitrogens with one attached hydrogen (secondary N) is 3. The molecule has 28 heavy (non-hydrogen) atoms. The molecule has 0 unspecified atom stereocenters. The van der Waals surface area contributed by atoms with Gasteiger partial charge in [-0.05, 0) is 43.2 Å². The van der Waals surface area contributed by atoms with E-state index in [4.69, 9.17) is 0 Å². The highest BCUT2D eigenvalue weighted by atomic mass is 16.2. The van der Waals surface area contributed by atoms with E-state index in [1.807, 2.05) is 36.5 Å². The van der Waals surface area contributed by atoms with Crippen LogP contribution in [0.2, 0.25) is 0 Å². The molecule has 1 aliphatic rings. The van der Waals surface area contributed by atoms with Crippen molar-refractivity contribution in [2.45, 2.75) is 25.4 Å². The third kappa shape index (κ3) is 4.56. The Morgan fingerprint density at radius 2 is 1.89 bits per heavy atom. The SMILES string of the molecule is O=C(NCc1cnn(-c2ccccc2)c1)Nc1cccc(C(=O)NC2CC2)c1. The Hall–Kier alpha value is -3.61. The van der Waals surface area contributed by atoms with E-state index in [0.29, 0.717) is 23.8 Å². The van der Waals surface area contributed by atoms with Gasteiger partial charge in [-0.2, -0.15) is 5.10 Å². The van der Waals surface area contributed by atoms with Gasteiger partial charge in [0.1, 0.15) is 0 Å². The Balaban J connectivity index is 1.31. The van der Waals surface area contributed by atoms with Crippen LogP contribution < -0.4 is 16.0 Å². The summed E-state index contributed by atoms with van der Waals surface area (Å²) in [6.45, 7) is 0.348. The Labute approximate surface area is 162 Å². The van der Waals surface area contributed by atoms with Gasteiger partial charge in [0.15, 0.2) is 0 Å². The molecule has 1 aromatic heterocycles. The molecule has 0 spiro atoms. The summed E-state index contributed by atoms with van der Waals surface area (Å²) in [6.07, 6.45) is 5.66. The van der Waals surface area contributed by atoms with Crippen LogP contribution in [0.4, 0.5) is 10.5 Å². The minimum absolute atomic E-state index is 0.111.